The lowest BCUT2D eigenvalue weighted by Crippen LogP contribution is -2.08. The summed E-state index contributed by atoms with van der Waals surface area (Å²) in [4.78, 5) is 12.0. The van der Waals surface area contributed by atoms with Gasteiger partial charge in [0.15, 0.2) is 11.6 Å². The number of aryl methyl sites for hydroxylation is 1. The topological polar surface area (TPSA) is 43.1 Å². The third kappa shape index (κ3) is 3.22. The van der Waals surface area contributed by atoms with Gasteiger partial charge in [0.2, 0.25) is 0 Å². The van der Waals surface area contributed by atoms with Crippen LogP contribution in [0, 0.1) is 11.6 Å². The van der Waals surface area contributed by atoms with Crippen LogP contribution in [0.3, 0.4) is 0 Å². The third-order valence-corrected chi connectivity index (χ3v) is 3.56. The average molecular weight is 340 g/mol. The summed E-state index contributed by atoms with van der Waals surface area (Å²) in [6.45, 7) is 0. The molecular formula is C15H12BrF2NO. The molecule has 0 aliphatic rings. The minimum Gasteiger partial charge on any atom is -0.399 e. The Morgan fingerprint density at radius 2 is 1.75 bits per heavy atom. The van der Waals surface area contributed by atoms with E-state index >= 15 is 0 Å². The predicted molar refractivity (Wildman–Crippen MR) is 77.6 cm³/mol. The summed E-state index contributed by atoms with van der Waals surface area (Å²) in [5, 5.41) is 0. The first-order valence-electron chi connectivity index (χ1n) is 6.00. The van der Waals surface area contributed by atoms with Crippen molar-refractivity contribution in [2.24, 2.45) is 0 Å². The highest BCUT2D eigenvalue weighted by Crippen LogP contribution is 2.23. The third-order valence-electron chi connectivity index (χ3n) is 2.94. The number of anilines is 1. The van der Waals surface area contributed by atoms with Gasteiger partial charge < -0.3 is 5.73 Å². The molecule has 0 bridgehead atoms. The zero-order valence-corrected chi connectivity index (χ0v) is 12.1. The quantitative estimate of drug-likeness (QED) is 0.517. The molecule has 0 radical (unpaired) electrons. The molecule has 0 fully saturated rings. The van der Waals surface area contributed by atoms with Gasteiger partial charge in [0.25, 0.3) is 0 Å². The first-order valence-corrected chi connectivity index (χ1v) is 6.79. The molecule has 104 valence electrons. The second-order valence-electron chi connectivity index (χ2n) is 4.38. The SMILES string of the molecule is Nc1ccc(CCC(=O)c2c(F)ccc(Br)c2F)cc1. The van der Waals surface area contributed by atoms with Crippen LogP contribution in [0.15, 0.2) is 40.9 Å². The van der Waals surface area contributed by atoms with E-state index in [2.05, 4.69) is 15.9 Å². The minimum absolute atomic E-state index is 0.0359. The van der Waals surface area contributed by atoms with Crippen LogP contribution in [-0.4, -0.2) is 5.78 Å². The lowest BCUT2D eigenvalue weighted by atomic mass is 10.0. The van der Waals surface area contributed by atoms with Gasteiger partial charge in [0.05, 0.1) is 10.0 Å². The molecule has 0 aliphatic heterocycles. The number of hydrogen-bond acceptors (Lipinski definition) is 2. The number of rotatable bonds is 4. The number of ketones is 1. The Balaban J connectivity index is 2.13. The Bertz CT molecular complexity index is 641. The van der Waals surface area contributed by atoms with E-state index in [1.54, 1.807) is 24.3 Å². The number of carbonyl (C=O) groups excluding carboxylic acids is 1. The van der Waals surface area contributed by atoms with Crippen molar-refractivity contribution in [1.82, 2.24) is 0 Å². The van der Waals surface area contributed by atoms with Crippen LogP contribution in [0.4, 0.5) is 14.5 Å². The van der Waals surface area contributed by atoms with Crippen LogP contribution in [0.2, 0.25) is 0 Å². The number of nitrogens with two attached hydrogens (primary N) is 1. The summed E-state index contributed by atoms with van der Waals surface area (Å²) >= 11 is 2.94. The highest BCUT2D eigenvalue weighted by Gasteiger charge is 2.19. The molecule has 2 aromatic rings. The van der Waals surface area contributed by atoms with Crippen molar-refractivity contribution in [3.8, 4) is 0 Å². The largest absolute Gasteiger partial charge is 0.399 e. The van der Waals surface area contributed by atoms with Gasteiger partial charge in [-0.3, -0.25) is 4.79 Å². The number of nitrogen functional groups attached to an aromatic ring is 1. The molecule has 5 heteroatoms. The molecule has 0 aliphatic carbocycles. The Morgan fingerprint density at radius 3 is 2.40 bits per heavy atom. The van der Waals surface area contributed by atoms with Crippen molar-refractivity contribution in [1.29, 1.82) is 0 Å². The van der Waals surface area contributed by atoms with Crippen molar-refractivity contribution in [3.05, 3.63) is 63.6 Å². The Kier molecular flexibility index (Phi) is 4.49. The van der Waals surface area contributed by atoms with Crippen molar-refractivity contribution in [2.45, 2.75) is 12.8 Å². The number of benzene rings is 2. The van der Waals surface area contributed by atoms with E-state index in [-0.39, 0.29) is 10.9 Å². The van der Waals surface area contributed by atoms with Crippen LogP contribution in [0.25, 0.3) is 0 Å². The van der Waals surface area contributed by atoms with Crippen LogP contribution in [-0.2, 0) is 6.42 Å². The number of Topliss-reactive ketones (excluding diaryl/α,β-unsaturated/α-hetero) is 1. The molecule has 2 N–H and O–H groups in total. The fourth-order valence-electron chi connectivity index (χ4n) is 1.85. The highest BCUT2D eigenvalue weighted by atomic mass is 79.9. The zero-order chi connectivity index (χ0) is 14.7. The van der Waals surface area contributed by atoms with E-state index in [4.69, 9.17) is 5.73 Å². The van der Waals surface area contributed by atoms with Gasteiger partial charge in [-0.15, -0.1) is 0 Å². The molecule has 0 heterocycles. The maximum absolute atomic E-state index is 13.8. The Labute approximate surface area is 123 Å². The monoisotopic (exact) mass is 339 g/mol. The number of halogens is 3. The van der Waals surface area contributed by atoms with Gasteiger partial charge in [-0.2, -0.15) is 0 Å². The maximum atomic E-state index is 13.8. The molecule has 0 atom stereocenters. The fourth-order valence-corrected chi connectivity index (χ4v) is 2.18. The van der Waals surface area contributed by atoms with Crippen LogP contribution < -0.4 is 5.73 Å². The molecule has 2 aromatic carbocycles. The van der Waals surface area contributed by atoms with E-state index in [0.29, 0.717) is 12.1 Å². The summed E-state index contributed by atoms with van der Waals surface area (Å²) < 4.78 is 27.4. The lowest BCUT2D eigenvalue weighted by Gasteiger charge is -2.06. The Hall–Kier alpha value is -1.75. The van der Waals surface area contributed by atoms with Crippen molar-refractivity contribution < 1.29 is 13.6 Å². The molecule has 0 unspecified atom stereocenters. The van der Waals surface area contributed by atoms with E-state index in [9.17, 15) is 13.6 Å². The molecule has 2 nitrogen and oxygen atoms in total. The molecule has 0 spiro atoms. The number of hydrogen-bond donors (Lipinski definition) is 1. The van der Waals surface area contributed by atoms with E-state index < -0.39 is 23.0 Å². The number of carbonyl (C=O) groups is 1. The molecule has 0 saturated heterocycles. The first kappa shape index (κ1) is 14.7. The maximum Gasteiger partial charge on any atom is 0.169 e. The van der Waals surface area contributed by atoms with Gasteiger partial charge in [0.1, 0.15) is 5.82 Å². The van der Waals surface area contributed by atoms with Crippen molar-refractivity contribution in [2.75, 3.05) is 5.73 Å². The summed E-state index contributed by atoms with van der Waals surface area (Å²) in [5.74, 6) is -2.25. The van der Waals surface area contributed by atoms with Gasteiger partial charge >= 0.3 is 0 Å². The van der Waals surface area contributed by atoms with Crippen LogP contribution >= 0.6 is 15.9 Å². The van der Waals surface area contributed by atoms with Crippen molar-refractivity contribution >= 4 is 27.4 Å². The fraction of sp³-hybridized carbons (Fsp3) is 0.133. The van der Waals surface area contributed by atoms with Gasteiger partial charge in [-0.1, -0.05) is 12.1 Å². The minimum atomic E-state index is -0.854. The molecule has 20 heavy (non-hydrogen) atoms. The molecule has 0 saturated carbocycles. The Morgan fingerprint density at radius 1 is 1.10 bits per heavy atom. The predicted octanol–water partition coefficient (Wildman–Crippen LogP) is 4.13. The second kappa shape index (κ2) is 6.13. The summed E-state index contributed by atoms with van der Waals surface area (Å²) in [7, 11) is 0. The van der Waals surface area contributed by atoms with Gasteiger partial charge in [-0.25, -0.2) is 8.78 Å². The van der Waals surface area contributed by atoms with Gasteiger partial charge in [-0.05, 0) is 52.2 Å². The molecular weight excluding hydrogens is 328 g/mol. The van der Waals surface area contributed by atoms with Crippen LogP contribution in [0.1, 0.15) is 22.3 Å². The van der Waals surface area contributed by atoms with Crippen LogP contribution in [0.5, 0.6) is 0 Å². The lowest BCUT2D eigenvalue weighted by molar-refractivity contribution is 0.0974. The normalized spacial score (nSPS) is 10.6. The van der Waals surface area contributed by atoms with E-state index in [1.807, 2.05) is 0 Å². The zero-order valence-electron chi connectivity index (χ0n) is 10.5. The standard InChI is InChI=1S/C15H12BrF2NO/c16-11-6-7-12(17)14(15(11)18)13(20)8-3-9-1-4-10(19)5-2-9/h1-2,4-7H,3,8,19H2. The van der Waals surface area contributed by atoms with E-state index in [1.165, 1.54) is 6.07 Å². The highest BCUT2D eigenvalue weighted by molar-refractivity contribution is 9.10. The average Bonchev–Trinajstić information content (AvgIpc) is 2.43. The first-order chi connectivity index (χ1) is 9.49. The second-order valence-corrected chi connectivity index (χ2v) is 5.24. The van der Waals surface area contributed by atoms with E-state index in [0.717, 1.165) is 11.6 Å². The molecule has 0 amide bonds. The summed E-state index contributed by atoms with van der Waals surface area (Å²) in [6.07, 6.45) is 0.443. The summed E-state index contributed by atoms with van der Waals surface area (Å²) in [5.41, 5.74) is 6.59. The molecule has 2 rings (SSSR count). The molecule has 0 aromatic heterocycles. The van der Waals surface area contributed by atoms with Crippen molar-refractivity contribution in [3.63, 3.8) is 0 Å². The smallest absolute Gasteiger partial charge is 0.169 e. The van der Waals surface area contributed by atoms with Gasteiger partial charge in [0, 0.05) is 12.1 Å². The summed E-state index contributed by atoms with van der Waals surface area (Å²) in [6, 6.07) is 9.33.